The second kappa shape index (κ2) is 5.53. The zero-order valence-electron chi connectivity index (χ0n) is 12.1. The molecule has 0 unspecified atom stereocenters. The molecule has 2 N–H and O–H groups in total. The Morgan fingerprint density at radius 3 is 2.78 bits per heavy atom. The normalized spacial score (nSPS) is 10.8. The van der Waals surface area contributed by atoms with Crippen LogP contribution < -0.4 is 5.32 Å². The summed E-state index contributed by atoms with van der Waals surface area (Å²) >= 11 is 0. The Hall–Kier alpha value is -3.21. The number of nitrogens with zero attached hydrogens (tertiary/aromatic N) is 2. The Morgan fingerprint density at radius 1 is 1.00 bits per heavy atom. The number of hydrogen-bond acceptors (Lipinski definition) is 3. The highest BCUT2D eigenvalue weighted by molar-refractivity contribution is 5.95. The average molecular weight is 304 g/mol. The van der Waals surface area contributed by atoms with Crippen molar-refractivity contribution in [2.75, 3.05) is 5.32 Å². The standard InChI is InChI=1S/C18H13FN4/c19-13-4-1-3-12(9-13)17-10-15-16(23-17)6-8-21-18(15)22-14-5-2-7-20-11-14/h1-11,23H,(H,21,22). The van der Waals surface area contributed by atoms with Gasteiger partial charge in [-0.3, -0.25) is 4.98 Å². The highest BCUT2D eigenvalue weighted by Gasteiger charge is 2.09. The summed E-state index contributed by atoms with van der Waals surface area (Å²) in [6.45, 7) is 0. The lowest BCUT2D eigenvalue weighted by molar-refractivity contribution is 0.628. The number of H-pyrrole nitrogens is 1. The molecule has 112 valence electrons. The molecule has 4 aromatic rings. The number of anilines is 2. The molecule has 0 bridgehead atoms. The zero-order chi connectivity index (χ0) is 15.6. The first-order chi connectivity index (χ1) is 11.3. The highest BCUT2D eigenvalue weighted by Crippen LogP contribution is 2.29. The molecule has 0 aliphatic rings. The van der Waals surface area contributed by atoms with E-state index in [1.807, 2.05) is 30.3 Å². The summed E-state index contributed by atoms with van der Waals surface area (Å²) in [6.07, 6.45) is 5.19. The maximum Gasteiger partial charge on any atom is 0.139 e. The van der Waals surface area contributed by atoms with Crippen LogP contribution in [0.15, 0.2) is 67.1 Å². The van der Waals surface area contributed by atoms with Crippen molar-refractivity contribution in [2.24, 2.45) is 0 Å². The molecule has 4 rings (SSSR count). The Kier molecular flexibility index (Phi) is 3.24. The SMILES string of the molecule is Fc1cccc(-c2cc3c(Nc4cccnc4)nccc3[nH]2)c1. The third-order valence-electron chi connectivity index (χ3n) is 3.61. The van der Waals surface area contributed by atoms with Crippen molar-refractivity contribution in [3.63, 3.8) is 0 Å². The largest absolute Gasteiger partial charge is 0.354 e. The van der Waals surface area contributed by atoms with Gasteiger partial charge in [-0.1, -0.05) is 12.1 Å². The fourth-order valence-corrected chi connectivity index (χ4v) is 2.54. The van der Waals surface area contributed by atoms with Crippen LogP contribution in [0.1, 0.15) is 0 Å². The number of nitrogens with one attached hydrogen (secondary N) is 2. The van der Waals surface area contributed by atoms with Crippen molar-refractivity contribution in [3.8, 4) is 11.3 Å². The van der Waals surface area contributed by atoms with E-state index in [-0.39, 0.29) is 5.82 Å². The van der Waals surface area contributed by atoms with E-state index in [0.717, 1.165) is 33.7 Å². The quantitative estimate of drug-likeness (QED) is 0.585. The smallest absolute Gasteiger partial charge is 0.139 e. The predicted octanol–water partition coefficient (Wildman–Crippen LogP) is 4.51. The molecule has 0 amide bonds. The van der Waals surface area contributed by atoms with Crippen LogP contribution in [0, 0.1) is 5.82 Å². The Bertz CT molecular complexity index is 963. The van der Waals surface area contributed by atoms with Gasteiger partial charge in [-0.05, 0) is 36.4 Å². The van der Waals surface area contributed by atoms with E-state index >= 15 is 0 Å². The van der Waals surface area contributed by atoms with Crippen molar-refractivity contribution in [2.45, 2.75) is 0 Å². The Morgan fingerprint density at radius 2 is 1.96 bits per heavy atom. The second-order valence-electron chi connectivity index (χ2n) is 5.18. The molecule has 0 fully saturated rings. The van der Waals surface area contributed by atoms with Crippen LogP contribution in [0.4, 0.5) is 15.9 Å². The van der Waals surface area contributed by atoms with Gasteiger partial charge in [0.25, 0.3) is 0 Å². The molecule has 0 aliphatic heterocycles. The average Bonchev–Trinajstić information content (AvgIpc) is 3.01. The molecular formula is C18H13FN4. The minimum atomic E-state index is -0.256. The summed E-state index contributed by atoms with van der Waals surface area (Å²) in [5.74, 6) is 0.474. The van der Waals surface area contributed by atoms with Gasteiger partial charge in [0.1, 0.15) is 11.6 Å². The first-order valence-electron chi connectivity index (χ1n) is 7.20. The summed E-state index contributed by atoms with van der Waals surface area (Å²) < 4.78 is 13.4. The van der Waals surface area contributed by atoms with Gasteiger partial charge in [0, 0.05) is 29.0 Å². The molecule has 0 spiro atoms. The van der Waals surface area contributed by atoms with Gasteiger partial charge >= 0.3 is 0 Å². The summed E-state index contributed by atoms with van der Waals surface area (Å²) in [4.78, 5) is 11.8. The van der Waals surface area contributed by atoms with Crippen molar-refractivity contribution in [1.82, 2.24) is 15.0 Å². The number of benzene rings is 1. The van der Waals surface area contributed by atoms with E-state index in [2.05, 4.69) is 20.3 Å². The topological polar surface area (TPSA) is 53.6 Å². The molecule has 0 atom stereocenters. The first-order valence-corrected chi connectivity index (χ1v) is 7.20. The summed E-state index contributed by atoms with van der Waals surface area (Å²) in [7, 11) is 0. The molecule has 0 aliphatic carbocycles. The van der Waals surface area contributed by atoms with Crippen LogP contribution in [-0.4, -0.2) is 15.0 Å². The lowest BCUT2D eigenvalue weighted by atomic mass is 10.1. The third-order valence-corrected chi connectivity index (χ3v) is 3.61. The van der Waals surface area contributed by atoms with Crippen molar-refractivity contribution < 1.29 is 4.39 Å². The van der Waals surface area contributed by atoms with Gasteiger partial charge in [-0.15, -0.1) is 0 Å². The highest BCUT2D eigenvalue weighted by atomic mass is 19.1. The number of hydrogen-bond donors (Lipinski definition) is 2. The molecule has 3 aromatic heterocycles. The van der Waals surface area contributed by atoms with Crippen LogP contribution in [0.2, 0.25) is 0 Å². The van der Waals surface area contributed by atoms with Gasteiger partial charge in [0.05, 0.1) is 17.4 Å². The maximum absolute atomic E-state index is 13.4. The molecule has 1 aromatic carbocycles. The summed E-state index contributed by atoms with van der Waals surface area (Å²) in [5, 5.41) is 4.20. The van der Waals surface area contributed by atoms with Crippen LogP contribution in [0.3, 0.4) is 0 Å². The lowest BCUT2D eigenvalue weighted by Crippen LogP contribution is -1.93. The van der Waals surface area contributed by atoms with Crippen molar-refractivity contribution >= 4 is 22.4 Å². The lowest BCUT2D eigenvalue weighted by Gasteiger charge is -2.05. The molecule has 0 saturated heterocycles. The van der Waals surface area contributed by atoms with E-state index in [9.17, 15) is 4.39 Å². The minimum Gasteiger partial charge on any atom is -0.354 e. The monoisotopic (exact) mass is 304 g/mol. The second-order valence-corrected chi connectivity index (χ2v) is 5.18. The van der Waals surface area contributed by atoms with Gasteiger partial charge in [0.15, 0.2) is 0 Å². The van der Waals surface area contributed by atoms with E-state index in [1.165, 1.54) is 12.1 Å². The first kappa shape index (κ1) is 13.5. The number of pyridine rings is 2. The molecule has 3 heterocycles. The molecule has 4 nitrogen and oxygen atoms in total. The summed E-state index contributed by atoms with van der Waals surface area (Å²) in [5.41, 5.74) is 3.45. The van der Waals surface area contributed by atoms with E-state index < -0.39 is 0 Å². The molecule has 23 heavy (non-hydrogen) atoms. The Labute approximate surface area is 132 Å². The number of halogens is 1. The number of fused-ring (bicyclic) bond motifs is 1. The fourth-order valence-electron chi connectivity index (χ4n) is 2.54. The minimum absolute atomic E-state index is 0.256. The van der Waals surface area contributed by atoms with Crippen LogP contribution in [0.25, 0.3) is 22.2 Å². The van der Waals surface area contributed by atoms with Crippen LogP contribution >= 0.6 is 0 Å². The molecular weight excluding hydrogens is 291 g/mol. The molecule has 0 saturated carbocycles. The number of aromatic nitrogens is 3. The van der Waals surface area contributed by atoms with Gasteiger partial charge in [0.2, 0.25) is 0 Å². The van der Waals surface area contributed by atoms with Gasteiger partial charge < -0.3 is 10.3 Å². The maximum atomic E-state index is 13.4. The predicted molar refractivity (Wildman–Crippen MR) is 89.0 cm³/mol. The van der Waals surface area contributed by atoms with Gasteiger partial charge in [-0.2, -0.15) is 0 Å². The van der Waals surface area contributed by atoms with E-state index in [4.69, 9.17) is 0 Å². The van der Waals surface area contributed by atoms with E-state index in [1.54, 1.807) is 24.7 Å². The number of rotatable bonds is 3. The van der Waals surface area contributed by atoms with Crippen LogP contribution in [-0.2, 0) is 0 Å². The molecule has 0 radical (unpaired) electrons. The number of aromatic amines is 1. The summed E-state index contributed by atoms with van der Waals surface area (Å²) in [6, 6.07) is 14.2. The fraction of sp³-hybridized carbons (Fsp3) is 0. The van der Waals surface area contributed by atoms with Crippen molar-refractivity contribution in [3.05, 3.63) is 72.9 Å². The van der Waals surface area contributed by atoms with Crippen molar-refractivity contribution in [1.29, 1.82) is 0 Å². The third kappa shape index (κ3) is 2.64. The van der Waals surface area contributed by atoms with E-state index in [0.29, 0.717) is 0 Å². The van der Waals surface area contributed by atoms with Gasteiger partial charge in [-0.25, -0.2) is 9.37 Å². The molecule has 5 heteroatoms. The Balaban J connectivity index is 1.78. The van der Waals surface area contributed by atoms with Crippen LogP contribution in [0.5, 0.6) is 0 Å². The zero-order valence-corrected chi connectivity index (χ0v) is 12.1.